The van der Waals surface area contributed by atoms with E-state index in [0.29, 0.717) is 48.0 Å². The van der Waals surface area contributed by atoms with Crippen LogP contribution in [0.4, 0.5) is 15.9 Å². The van der Waals surface area contributed by atoms with E-state index >= 15 is 0 Å². The molecule has 4 heterocycles. The van der Waals surface area contributed by atoms with Crippen LogP contribution in [-0.4, -0.2) is 46.2 Å². The minimum absolute atomic E-state index is 0.0931. The molecular weight excluding hydrogens is 481 g/mol. The quantitative estimate of drug-likeness (QED) is 0.349. The average molecular weight is 506 g/mol. The first-order valence-corrected chi connectivity index (χ1v) is 13.5. The zero-order valence-electron chi connectivity index (χ0n) is 19.3. The molecule has 1 saturated heterocycles. The van der Waals surface area contributed by atoms with Crippen molar-refractivity contribution in [3.05, 3.63) is 78.6 Å². The molecule has 2 N–H and O–H groups in total. The van der Waals surface area contributed by atoms with Crippen molar-refractivity contribution in [2.75, 3.05) is 16.8 Å². The Morgan fingerprint density at radius 3 is 2.83 bits per heavy atom. The second kappa shape index (κ2) is 8.90. The highest BCUT2D eigenvalue weighted by Crippen LogP contribution is 2.31. The molecule has 3 aromatic heterocycles. The van der Waals surface area contributed by atoms with Crippen LogP contribution >= 0.6 is 0 Å². The number of rotatable bonds is 6. The molecule has 0 unspecified atom stereocenters. The molecule has 6 rings (SSSR count). The van der Waals surface area contributed by atoms with Crippen LogP contribution in [0.15, 0.2) is 67.3 Å². The van der Waals surface area contributed by atoms with Crippen molar-refractivity contribution in [1.29, 1.82) is 4.78 Å². The zero-order chi connectivity index (χ0) is 24.7. The Kier molecular flexibility index (Phi) is 5.56. The molecule has 0 atom stereocenters. The van der Waals surface area contributed by atoms with Crippen molar-refractivity contribution in [3.8, 4) is 5.75 Å². The zero-order valence-corrected chi connectivity index (χ0v) is 20.1. The molecule has 184 valence electrons. The van der Waals surface area contributed by atoms with E-state index in [9.17, 15) is 8.60 Å². The molecule has 36 heavy (non-hydrogen) atoms. The van der Waals surface area contributed by atoms with Gasteiger partial charge in [0, 0.05) is 44.6 Å². The van der Waals surface area contributed by atoms with Crippen LogP contribution in [0, 0.1) is 10.6 Å². The summed E-state index contributed by atoms with van der Waals surface area (Å²) in [6, 6.07) is 14.3. The van der Waals surface area contributed by atoms with Crippen LogP contribution in [0.5, 0.6) is 5.75 Å². The summed E-state index contributed by atoms with van der Waals surface area (Å²) in [6.07, 6.45) is 6.16. The summed E-state index contributed by atoms with van der Waals surface area (Å²) < 4.78 is 43.1. The summed E-state index contributed by atoms with van der Waals surface area (Å²) in [7, 11) is -2.47. The van der Waals surface area contributed by atoms with Crippen molar-refractivity contribution >= 4 is 37.7 Å². The van der Waals surface area contributed by atoms with E-state index in [1.54, 1.807) is 16.8 Å². The van der Waals surface area contributed by atoms with E-state index < -0.39 is 9.73 Å². The van der Waals surface area contributed by atoms with Crippen molar-refractivity contribution in [1.82, 2.24) is 24.4 Å². The van der Waals surface area contributed by atoms with Crippen molar-refractivity contribution in [2.45, 2.75) is 25.5 Å². The number of nitrogens with zero attached hydrogens (tertiary/aromatic N) is 5. The minimum Gasteiger partial charge on any atom is -0.488 e. The largest absolute Gasteiger partial charge is 0.488 e. The Bertz CT molecular complexity index is 1660. The SMILES string of the molecule is N=S1(=O)CCC(Oc2ccn3ncnc(Nc4ccc5c(cnn5Cc5cccc(F)c5)c4)c23)CC1. The van der Waals surface area contributed by atoms with Crippen LogP contribution in [0.1, 0.15) is 18.4 Å². The predicted molar refractivity (Wildman–Crippen MR) is 136 cm³/mol. The fraction of sp³-hybridized carbons (Fsp3) is 0.240. The van der Waals surface area contributed by atoms with Gasteiger partial charge >= 0.3 is 0 Å². The molecule has 2 aromatic carbocycles. The maximum absolute atomic E-state index is 13.6. The molecule has 9 nitrogen and oxygen atoms in total. The van der Waals surface area contributed by atoms with Gasteiger partial charge in [0.25, 0.3) is 0 Å². The van der Waals surface area contributed by atoms with Crippen LogP contribution in [0.25, 0.3) is 16.4 Å². The molecule has 0 radical (unpaired) electrons. The van der Waals surface area contributed by atoms with Gasteiger partial charge in [-0.3, -0.25) is 9.46 Å². The molecule has 1 fully saturated rings. The number of aromatic nitrogens is 5. The minimum atomic E-state index is -2.47. The number of ether oxygens (including phenoxy) is 1. The normalized spacial score (nSPS) is 20.1. The smallest absolute Gasteiger partial charge is 0.162 e. The van der Waals surface area contributed by atoms with Gasteiger partial charge in [-0.15, -0.1) is 0 Å². The van der Waals surface area contributed by atoms with Gasteiger partial charge in [0.05, 0.1) is 18.3 Å². The van der Waals surface area contributed by atoms with Crippen molar-refractivity contribution in [2.24, 2.45) is 0 Å². The fourth-order valence-electron chi connectivity index (χ4n) is 4.54. The topological polar surface area (TPSA) is 110 Å². The summed E-state index contributed by atoms with van der Waals surface area (Å²) in [5.41, 5.74) is 3.31. The Morgan fingerprint density at radius 2 is 2.00 bits per heavy atom. The first-order chi connectivity index (χ1) is 17.4. The van der Waals surface area contributed by atoms with Crippen molar-refractivity contribution in [3.63, 3.8) is 0 Å². The fourth-order valence-corrected chi connectivity index (χ4v) is 6.03. The second-order valence-corrected chi connectivity index (χ2v) is 11.4. The van der Waals surface area contributed by atoms with Gasteiger partial charge < -0.3 is 10.1 Å². The van der Waals surface area contributed by atoms with Crippen LogP contribution in [0.2, 0.25) is 0 Å². The highest BCUT2D eigenvalue weighted by atomic mass is 32.2. The van der Waals surface area contributed by atoms with Gasteiger partial charge in [-0.05, 0) is 48.7 Å². The van der Waals surface area contributed by atoms with Gasteiger partial charge in [-0.2, -0.15) is 10.2 Å². The van der Waals surface area contributed by atoms with E-state index in [4.69, 9.17) is 9.52 Å². The number of halogens is 1. The number of nitrogens with one attached hydrogen (secondary N) is 2. The summed E-state index contributed by atoms with van der Waals surface area (Å²) in [6.45, 7) is 0.474. The first-order valence-electron chi connectivity index (χ1n) is 11.6. The van der Waals surface area contributed by atoms with Gasteiger partial charge in [0.2, 0.25) is 0 Å². The summed E-state index contributed by atoms with van der Waals surface area (Å²) >= 11 is 0. The predicted octanol–water partition coefficient (Wildman–Crippen LogP) is 4.60. The van der Waals surface area contributed by atoms with Crippen LogP contribution in [0.3, 0.4) is 0 Å². The average Bonchev–Trinajstić information content (AvgIpc) is 3.45. The van der Waals surface area contributed by atoms with Crippen LogP contribution < -0.4 is 10.1 Å². The number of anilines is 2. The van der Waals surface area contributed by atoms with E-state index in [2.05, 4.69) is 20.5 Å². The Labute approximate surface area is 206 Å². The summed E-state index contributed by atoms with van der Waals surface area (Å²) in [4.78, 5) is 4.45. The number of hydrogen-bond acceptors (Lipinski definition) is 7. The lowest BCUT2D eigenvalue weighted by Crippen LogP contribution is -2.30. The molecule has 0 amide bonds. The Hall–Kier alpha value is -3.99. The number of hydrogen-bond donors (Lipinski definition) is 2. The van der Waals surface area contributed by atoms with E-state index in [1.807, 2.05) is 41.2 Å². The third kappa shape index (κ3) is 4.49. The lowest BCUT2D eigenvalue weighted by Gasteiger charge is -2.24. The molecule has 1 aliphatic rings. The molecule has 5 aromatic rings. The van der Waals surface area contributed by atoms with Gasteiger partial charge in [0.1, 0.15) is 23.8 Å². The highest BCUT2D eigenvalue weighted by Gasteiger charge is 2.24. The highest BCUT2D eigenvalue weighted by molar-refractivity contribution is 7.92. The summed E-state index contributed by atoms with van der Waals surface area (Å²) in [5, 5.41) is 13.1. The lowest BCUT2D eigenvalue weighted by atomic mass is 10.2. The molecule has 1 aliphatic heterocycles. The van der Waals surface area contributed by atoms with Crippen molar-refractivity contribution < 1.29 is 13.3 Å². The Morgan fingerprint density at radius 1 is 1.14 bits per heavy atom. The third-order valence-electron chi connectivity index (χ3n) is 6.38. The van der Waals surface area contributed by atoms with E-state index in [1.165, 1.54) is 18.5 Å². The van der Waals surface area contributed by atoms with E-state index in [-0.39, 0.29) is 11.9 Å². The molecule has 0 aliphatic carbocycles. The first kappa shape index (κ1) is 22.5. The second-order valence-electron chi connectivity index (χ2n) is 8.95. The Balaban J connectivity index is 1.25. The molecule has 11 heteroatoms. The summed E-state index contributed by atoms with van der Waals surface area (Å²) in [5.74, 6) is 1.69. The lowest BCUT2D eigenvalue weighted by molar-refractivity contribution is 0.193. The van der Waals surface area contributed by atoms with Crippen LogP contribution in [-0.2, 0) is 16.3 Å². The number of benzene rings is 2. The maximum atomic E-state index is 13.6. The standard InChI is InChI=1S/C25H24FN7O2S/c26-19-3-1-2-17(12-19)15-33-22-5-4-20(13-18(22)14-29-33)31-25-24-23(6-9-32(24)30-16-28-25)35-21-7-10-36(27,34)11-8-21/h1-6,9,12-14,16,21,27H,7-8,10-11,15H2,(H,28,30,31). The van der Waals surface area contributed by atoms with Gasteiger partial charge in [-0.25, -0.2) is 18.1 Å². The molecular formula is C25H24FN7O2S. The molecule has 0 bridgehead atoms. The maximum Gasteiger partial charge on any atom is 0.162 e. The third-order valence-corrected chi connectivity index (χ3v) is 8.17. The van der Waals surface area contributed by atoms with E-state index in [0.717, 1.165) is 22.2 Å². The van der Waals surface area contributed by atoms with Gasteiger partial charge in [0.15, 0.2) is 11.6 Å². The number of fused-ring (bicyclic) bond motifs is 2. The monoisotopic (exact) mass is 505 g/mol. The van der Waals surface area contributed by atoms with Gasteiger partial charge in [-0.1, -0.05) is 12.1 Å². The molecule has 0 saturated carbocycles. The molecule has 0 spiro atoms.